The fourth-order valence-electron chi connectivity index (χ4n) is 3.83. The van der Waals surface area contributed by atoms with Crippen LogP contribution in [-0.4, -0.2) is 40.5 Å². The second-order valence-corrected chi connectivity index (χ2v) is 8.38. The van der Waals surface area contributed by atoms with Crippen LogP contribution in [0, 0.1) is 13.8 Å². The van der Waals surface area contributed by atoms with Gasteiger partial charge in [0.2, 0.25) is 0 Å². The molecule has 0 bridgehead atoms. The van der Waals surface area contributed by atoms with Gasteiger partial charge in [-0.25, -0.2) is 0 Å². The minimum absolute atomic E-state index is 0.281. The number of aromatic nitrogens is 1. The van der Waals surface area contributed by atoms with Gasteiger partial charge < -0.3 is 9.30 Å². The number of hydrogen-bond acceptors (Lipinski definition) is 4. The Hall–Kier alpha value is -2.05. The lowest BCUT2D eigenvalue weighted by atomic mass is 10.1. The molecule has 1 saturated heterocycles. The lowest BCUT2D eigenvalue weighted by Gasteiger charge is -2.16. The van der Waals surface area contributed by atoms with E-state index in [1.807, 2.05) is 0 Å². The Balaban J connectivity index is 1.41. The van der Waals surface area contributed by atoms with Gasteiger partial charge in [0.1, 0.15) is 0 Å². The average molecular weight is 397 g/mol. The molecule has 0 saturated carbocycles. The predicted octanol–water partition coefficient (Wildman–Crippen LogP) is 3.92. The number of ether oxygens (including phenoxy) is 1. The molecular weight excluding hydrogens is 368 g/mol. The molecule has 1 aromatic heterocycles. The zero-order chi connectivity index (χ0) is 19.3. The maximum Gasteiger partial charge on any atom is 0.177 e. The van der Waals surface area contributed by atoms with Gasteiger partial charge in [-0.2, -0.15) is 5.10 Å². The normalized spacial score (nSPS) is 21.0. The molecule has 28 heavy (non-hydrogen) atoms. The smallest absolute Gasteiger partial charge is 0.177 e. The number of aryl methyl sites for hydroxylation is 2. The van der Waals surface area contributed by atoms with Crippen LogP contribution in [0.1, 0.15) is 35.4 Å². The van der Waals surface area contributed by atoms with E-state index in [0.717, 1.165) is 55.6 Å². The second-order valence-electron chi connectivity index (χ2n) is 7.41. The first-order valence-corrected chi connectivity index (χ1v) is 11.0. The number of hydrazone groups is 1. The molecule has 4 rings (SSSR count). The number of thioether (sulfide) groups is 1. The third-order valence-corrected chi connectivity index (χ3v) is 6.36. The number of nitrogens with one attached hydrogen (secondary N) is 1. The zero-order valence-corrected chi connectivity index (χ0v) is 17.5. The Kier molecular flexibility index (Phi) is 6.17. The quantitative estimate of drug-likeness (QED) is 0.805. The van der Waals surface area contributed by atoms with E-state index in [1.54, 1.807) is 11.8 Å². The zero-order valence-electron chi connectivity index (χ0n) is 16.6. The van der Waals surface area contributed by atoms with Crippen LogP contribution in [-0.2, 0) is 17.7 Å². The van der Waals surface area contributed by atoms with Gasteiger partial charge >= 0.3 is 0 Å². The topological polar surface area (TPSA) is 50.9 Å². The van der Waals surface area contributed by atoms with Crippen molar-refractivity contribution >= 4 is 22.6 Å². The van der Waals surface area contributed by atoms with E-state index < -0.39 is 0 Å². The molecule has 2 aliphatic rings. The molecular formula is C22H28N4OS. The summed E-state index contributed by atoms with van der Waals surface area (Å²) in [6, 6.07) is 12.9. The van der Waals surface area contributed by atoms with Gasteiger partial charge in [-0.1, -0.05) is 42.1 Å². The minimum Gasteiger partial charge on any atom is -0.376 e. The van der Waals surface area contributed by atoms with Crippen molar-refractivity contribution in [2.24, 2.45) is 10.1 Å². The van der Waals surface area contributed by atoms with E-state index in [0.29, 0.717) is 0 Å². The summed E-state index contributed by atoms with van der Waals surface area (Å²) < 4.78 is 8.04. The Morgan fingerprint density at radius 3 is 2.86 bits per heavy atom. The fourth-order valence-corrected chi connectivity index (χ4v) is 4.60. The number of nitrogens with zero attached hydrogens (tertiary/aromatic N) is 3. The van der Waals surface area contributed by atoms with Crippen molar-refractivity contribution in [3.8, 4) is 0 Å². The first-order chi connectivity index (χ1) is 13.7. The third-order valence-electron chi connectivity index (χ3n) is 5.45. The van der Waals surface area contributed by atoms with Gasteiger partial charge in [-0.15, -0.1) is 0 Å². The van der Waals surface area contributed by atoms with E-state index in [2.05, 4.69) is 70.3 Å². The largest absolute Gasteiger partial charge is 0.376 e. The maximum absolute atomic E-state index is 5.64. The molecule has 1 aromatic carbocycles. The van der Waals surface area contributed by atoms with E-state index in [9.17, 15) is 0 Å². The molecule has 2 aliphatic heterocycles. The van der Waals surface area contributed by atoms with E-state index >= 15 is 0 Å². The van der Waals surface area contributed by atoms with Gasteiger partial charge in [0.15, 0.2) is 5.17 Å². The molecule has 2 aromatic rings. The molecule has 3 heterocycles. The lowest BCUT2D eigenvalue weighted by Crippen LogP contribution is -2.26. The van der Waals surface area contributed by atoms with Crippen molar-refractivity contribution in [2.45, 2.75) is 45.8 Å². The van der Waals surface area contributed by atoms with Gasteiger partial charge in [-0.05, 0) is 44.7 Å². The van der Waals surface area contributed by atoms with Crippen LogP contribution in [0.2, 0.25) is 0 Å². The van der Waals surface area contributed by atoms with Crippen LogP contribution in [0.25, 0.3) is 0 Å². The Bertz CT molecular complexity index is 866. The molecule has 6 heteroatoms. The van der Waals surface area contributed by atoms with Crippen molar-refractivity contribution in [1.82, 2.24) is 9.99 Å². The summed E-state index contributed by atoms with van der Waals surface area (Å²) in [5, 5.41) is 5.52. The second kappa shape index (κ2) is 8.97. The maximum atomic E-state index is 5.64. The summed E-state index contributed by atoms with van der Waals surface area (Å²) in [7, 11) is 0. The molecule has 148 valence electrons. The SMILES string of the molecule is Cc1cc(C2=NNC(=NCC3CCCO3)SC2)c(C)n1CCc1ccccc1. The molecule has 1 atom stereocenters. The molecule has 0 amide bonds. The van der Waals surface area contributed by atoms with Crippen molar-refractivity contribution in [3.63, 3.8) is 0 Å². The Morgan fingerprint density at radius 1 is 1.29 bits per heavy atom. The average Bonchev–Trinajstić information content (AvgIpc) is 3.34. The van der Waals surface area contributed by atoms with Crippen LogP contribution in [0.15, 0.2) is 46.5 Å². The molecule has 0 spiro atoms. The highest BCUT2D eigenvalue weighted by atomic mass is 32.2. The van der Waals surface area contributed by atoms with Crippen molar-refractivity contribution < 1.29 is 4.74 Å². The molecule has 0 radical (unpaired) electrons. The summed E-state index contributed by atoms with van der Waals surface area (Å²) in [6.45, 7) is 6.97. The molecule has 1 N–H and O–H groups in total. The summed E-state index contributed by atoms with van der Waals surface area (Å²) >= 11 is 1.73. The van der Waals surface area contributed by atoms with Crippen LogP contribution in [0.5, 0.6) is 0 Å². The van der Waals surface area contributed by atoms with E-state index in [-0.39, 0.29) is 6.10 Å². The van der Waals surface area contributed by atoms with E-state index in [1.165, 1.54) is 22.5 Å². The lowest BCUT2D eigenvalue weighted by molar-refractivity contribution is 0.118. The van der Waals surface area contributed by atoms with Gasteiger partial charge in [0.25, 0.3) is 0 Å². The van der Waals surface area contributed by atoms with Gasteiger partial charge in [0.05, 0.1) is 18.4 Å². The van der Waals surface area contributed by atoms with Crippen LogP contribution in [0.4, 0.5) is 0 Å². The number of rotatable bonds is 6. The highest BCUT2D eigenvalue weighted by molar-refractivity contribution is 8.14. The summed E-state index contributed by atoms with van der Waals surface area (Å²) in [6.07, 6.45) is 3.59. The highest BCUT2D eigenvalue weighted by Gasteiger charge is 2.20. The summed E-state index contributed by atoms with van der Waals surface area (Å²) in [4.78, 5) is 4.63. The van der Waals surface area contributed by atoms with Crippen molar-refractivity contribution in [1.29, 1.82) is 0 Å². The number of benzene rings is 1. The summed E-state index contributed by atoms with van der Waals surface area (Å²) in [5.74, 6) is 0.848. The molecule has 1 fully saturated rings. The van der Waals surface area contributed by atoms with Gasteiger partial charge in [0, 0.05) is 35.9 Å². The standard InChI is InChI=1S/C22H28N4OS/c1-16-13-20(17(2)26(16)11-10-18-7-4-3-5-8-18)21-15-28-22(25-24-21)23-14-19-9-6-12-27-19/h3-5,7-8,13,19H,6,9-12,14-15H2,1-2H3,(H,23,25). The Morgan fingerprint density at radius 2 is 2.14 bits per heavy atom. The molecule has 1 unspecified atom stereocenters. The molecule has 5 nitrogen and oxygen atoms in total. The van der Waals surface area contributed by atoms with Crippen molar-refractivity contribution in [2.75, 3.05) is 18.9 Å². The van der Waals surface area contributed by atoms with E-state index in [4.69, 9.17) is 4.74 Å². The third kappa shape index (κ3) is 4.50. The Labute approximate surface area is 171 Å². The first kappa shape index (κ1) is 19.3. The highest BCUT2D eigenvalue weighted by Crippen LogP contribution is 2.21. The summed E-state index contributed by atoms with van der Waals surface area (Å²) in [5.41, 5.74) is 9.42. The number of hydrogen-bond donors (Lipinski definition) is 1. The monoisotopic (exact) mass is 396 g/mol. The van der Waals surface area contributed by atoms with Gasteiger partial charge in [-0.3, -0.25) is 10.4 Å². The van der Waals surface area contributed by atoms with Crippen LogP contribution in [0.3, 0.4) is 0 Å². The first-order valence-electron chi connectivity index (χ1n) is 10.0. The van der Waals surface area contributed by atoms with Crippen LogP contribution >= 0.6 is 11.8 Å². The number of amidine groups is 1. The number of aliphatic imine (C=N–C) groups is 1. The predicted molar refractivity (Wildman–Crippen MR) is 117 cm³/mol. The minimum atomic E-state index is 0.281. The molecule has 0 aliphatic carbocycles. The van der Waals surface area contributed by atoms with Crippen LogP contribution < -0.4 is 5.43 Å². The fraction of sp³-hybridized carbons (Fsp3) is 0.455. The van der Waals surface area contributed by atoms with Crippen molar-refractivity contribution in [3.05, 3.63) is 58.9 Å².